The summed E-state index contributed by atoms with van der Waals surface area (Å²) in [5.41, 5.74) is 5.10. The van der Waals surface area contributed by atoms with Crippen molar-refractivity contribution in [1.29, 1.82) is 5.41 Å². The fraction of sp³-hybridized carbons (Fsp3) is 0.280. The Hall–Kier alpha value is -2.67. The molecule has 0 bridgehead atoms. The van der Waals surface area contributed by atoms with Gasteiger partial charge in [-0.15, -0.1) is 0 Å². The van der Waals surface area contributed by atoms with Crippen molar-refractivity contribution in [2.75, 3.05) is 25.6 Å². The Labute approximate surface area is 188 Å². The molecule has 0 radical (unpaired) electrons. The number of hydrogen-bond acceptors (Lipinski definition) is 6. The summed E-state index contributed by atoms with van der Waals surface area (Å²) >= 11 is 1.38. The van der Waals surface area contributed by atoms with Gasteiger partial charge in [0.25, 0.3) is 0 Å². The molecule has 160 valence electrons. The van der Waals surface area contributed by atoms with Crippen molar-refractivity contribution in [3.8, 4) is 0 Å². The number of rotatable bonds is 7. The molecular formula is C25H28N4OS. The maximum atomic E-state index is 7.65. The molecule has 4 rings (SSSR count). The van der Waals surface area contributed by atoms with E-state index in [1.54, 1.807) is 6.92 Å². The van der Waals surface area contributed by atoms with Gasteiger partial charge in [-0.2, -0.15) is 0 Å². The second-order valence-electron chi connectivity index (χ2n) is 7.97. The smallest absolute Gasteiger partial charge is 0.128 e. The largest absolute Gasteiger partial charge is 0.357 e. The number of fused-ring (bicyclic) bond motifs is 2. The molecule has 0 spiro atoms. The van der Waals surface area contributed by atoms with E-state index < -0.39 is 0 Å². The van der Waals surface area contributed by atoms with E-state index in [1.807, 2.05) is 24.4 Å². The van der Waals surface area contributed by atoms with Gasteiger partial charge in [-0.05, 0) is 60.2 Å². The van der Waals surface area contributed by atoms with Crippen LogP contribution in [0.5, 0.6) is 0 Å². The summed E-state index contributed by atoms with van der Waals surface area (Å²) in [5, 5.41) is 13.6. The van der Waals surface area contributed by atoms with Gasteiger partial charge >= 0.3 is 0 Å². The molecular weight excluding hydrogens is 404 g/mol. The lowest BCUT2D eigenvalue weighted by Crippen LogP contribution is -2.26. The Morgan fingerprint density at radius 3 is 2.90 bits per heavy atom. The van der Waals surface area contributed by atoms with Gasteiger partial charge in [0.1, 0.15) is 12.5 Å². The Balaban J connectivity index is 1.34. The number of ether oxygens (including phenoxy) is 1. The highest BCUT2D eigenvalue weighted by Gasteiger charge is 2.13. The van der Waals surface area contributed by atoms with Gasteiger partial charge < -0.3 is 15.0 Å². The molecule has 0 saturated carbocycles. The number of nitrogens with one attached hydrogen (secondary N) is 2. The molecule has 0 amide bonds. The third-order valence-electron chi connectivity index (χ3n) is 5.42. The zero-order valence-electron chi connectivity index (χ0n) is 18.1. The lowest BCUT2D eigenvalue weighted by molar-refractivity contribution is 0.138. The van der Waals surface area contributed by atoms with E-state index in [1.165, 1.54) is 28.5 Å². The second-order valence-corrected chi connectivity index (χ2v) is 9.28. The van der Waals surface area contributed by atoms with Crippen molar-refractivity contribution < 1.29 is 4.74 Å². The first kappa shape index (κ1) is 21.6. The van der Waals surface area contributed by atoms with Crippen LogP contribution in [0.1, 0.15) is 29.2 Å². The van der Waals surface area contributed by atoms with Gasteiger partial charge in [0, 0.05) is 29.6 Å². The van der Waals surface area contributed by atoms with E-state index in [4.69, 9.17) is 10.1 Å². The lowest BCUT2D eigenvalue weighted by Gasteiger charge is -2.25. The van der Waals surface area contributed by atoms with Gasteiger partial charge in [0.2, 0.25) is 0 Å². The van der Waals surface area contributed by atoms with E-state index in [9.17, 15) is 0 Å². The number of hydrogen-bond donors (Lipinski definition) is 2. The van der Waals surface area contributed by atoms with Crippen molar-refractivity contribution >= 4 is 38.3 Å². The summed E-state index contributed by atoms with van der Waals surface area (Å²) in [7, 11) is 2.17. The summed E-state index contributed by atoms with van der Waals surface area (Å²) in [6.45, 7) is 8.97. The minimum absolute atomic E-state index is 0.396. The van der Waals surface area contributed by atoms with Gasteiger partial charge in [-0.1, -0.05) is 48.7 Å². The number of anilines is 1. The summed E-state index contributed by atoms with van der Waals surface area (Å²) in [4.78, 5) is 7.71. The first-order valence-corrected chi connectivity index (χ1v) is 11.2. The zero-order chi connectivity index (χ0) is 21.8. The summed E-state index contributed by atoms with van der Waals surface area (Å²) in [6, 6.07) is 14.8. The average Bonchev–Trinajstić information content (AvgIpc) is 2.75. The third kappa shape index (κ3) is 5.53. The Morgan fingerprint density at radius 1 is 1.19 bits per heavy atom. The van der Waals surface area contributed by atoms with Crippen LogP contribution in [0.3, 0.4) is 0 Å². The van der Waals surface area contributed by atoms with Gasteiger partial charge in [0.05, 0.1) is 11.7 Å². The van der Waals surface area contributed by atoms with Crippen molar-refractivity contribution in [2.45, 2.75) is 26.5 Å². The molecule has 5 nitrogen and oxygen atoms in total. The topological polar surface area (TPSA) is 61.2 Å². The number of benzene rings is 2. The Kier molecular flexibility index (Phi) is 6.70. The average molecular weight is 433 g/mol. The monoisotopic (exact) mass is 432 g/mol. The van der Waals surface area contributed by atoms with Crippen LogP contribution in [-0.4, -0.2) is 35.3 Å². The maximum absolute atomic E-state index is 7.65. The number of pyridine rings is 1. The minimum Gasteiger partial charge on any atom is -0.357 e. The van der Waals surface area contributed by atoms with Gasteiger partial charge in [0.15, 0.2) is 0 Å². The van der Waals surface area contributed by atoms with Crippen LogP contribution in [0.4, 0.5) is 5.82 Å². The normalized spacial score (nSPS) is 13.7. The second kappa shape index (κ2) is 9.64. The van der Waals surface area contributed by atoms with Crippen molar-refractivity contribution in [3.05, 3.63) is 77.5 Å². The molecule has 0 saturated heterocycles. The Bertz CT molecular complexity index is 1130. The standard InChI is InChI=1S/C25H28N4OS/c1-17(31-18(2)26)20-6-7-22-13-27-25(12-24(22)11-20)28-16-30-15-19-4-5-23-14-29(3)9-8-21(23)10-19/h4-7,10-13,26H,1,8-9,14-16H2,2-3H3,(H,27,28). The van der Waals surface area contributed by atoms with Crippen LogP contribution in [0.2, 0.25) is 0 Å². The molecule has 0 fully saturated rings. The molecule has 3 aromatic rings. The Morgan fingerprint density at radius 2 is 2.06 bits per heavy atom. The van der Waals surface area contributed by atoms with Crippen LogP contribution in [0.25, 0.3) is 15.7 Å². The quantitative estimate of drug-likeness (QED) is 0.223. The number of thioether (sulfide) groups is 1. The SMILES string of the molecule is C=C(SC(C)=N)c1ccc2cnc(NCOCc3ccc4c(c3)CCN(C)C4)cc2c1. The van der Waals surface area contributed by atoms with E-state index >= 15 is 0 Å². The molecule has 2 aromatic carbocycles. The molecule has 0 aliphatic carbocycles. The number of aromatic nitrogens is 1. The summed E-state index contributed by atoms with van der Waals surface area (Å²) in [5.74, 6) is 0.777. The first-order valence-electron chi connectivity index (χ1n) is 10.4. The van der Waals surface area contributed by atoms with Crippen LogP contribution >= 0.6 is 11.8 Å². The fourth-order valence-corrected chi connectivity index (χ4v) is 4.40. The first-order chi connectivity index (χ1) is 15.0. The molecule has 1 aromatic heterocycles. The highest BCUT2D eigenvalue weighted by Crippen LogP contribution is 2.29. The molecule has 0 atom stereocenters. The number of likely N-dealkylation sites (N-methyl/N-ethyl adjacent to an activating group) is 1. The van der Waals surface area contributed by atoms with Crippen molar-refractivity contribution in [1.82, 2.24) is 9.88 Å². The molecule has 31 heavy (non-hydrogen) atoms. The van der Waals surface area contributed by atoms with E-state index in [2.05, 4.69) is 53.1 Å². The van der Waals surface area contributed by atoms with Gasteiger partial charge in [-0.25, -0.2) is 4.98 Å². The zero-order valence-corrected chi connectivity index (χ0v) is 18.9. The highest BCUT2D eigenvalue weighted by atomic mass is 32.2. The molecule has 2 N–H and O–H groups in total. The summed E-state index contributed by atoms with van der Waals surface area (Å²) in [6.07, 6.45) is 2.96. The van der Waals surface area contributed by atoms with Crippen LogP contribution < -0.4 is 5.32 Å². The minimum atomic E-state index is 0.396. The summed E-state index contributed by atoms with van der Waals surface area (Å²) < 4.78 is 5.85. The van der Waals surface area contributed by atoms with Crippen LogP contribution in [-0.2, 0) is 24.3 Å². The number of nitrogens with zero attached hydrogens (tertiary/aromatic N) is 2. The third-order valence-corrected chi connectivity index (χ3v) is 6.21. The maximum Gasteiger partial charge on any atom is 0.128 e. The molecule has 1 aliphatic rings. The van der Waals surface area contributed by atoms with E-state index in [0.29, 0.717) is 18.4 Å². The molecule has 6 heteroatoms. The fourth-order valence-electron chi connectivity index (χ4n) is 3.79. The predicted octanol–water partition coefficient (Wildman–Crippen LogP) is 5.51. The predicted molar refractivity (Wildman–Crippen MR) is 132 cm³/mol. The molecule has 1 aliphatic heterocycles. The van der Waals surface area contributed by atoms with Crippen molar-refractivity contribution in [2.24, 2.45) is 0 Å². The van der Waals surface area contributed by atoms with E-state index in [-0.39, 0.29) is 0 Å². The molecule has 2 heterocycles. The van der Waals surface area contributed by atoms with Crippen molar-refractivity contribution in [3.63, 3.8) is 0 Å². The highest BCUT2D eigenvalue weighted by molar-refractivity contribution is 8.21. The van der Waals surface area contributed by atoms with Gasteiger partial charge in [-0.3, -0.25) is 5.41 Å². The molecule has 0 unspecified atom stereocenters. The van der Waals surface area contributed by atoms with Crippen LogP contribution in [0, 0.1) is 5.41 Å². The van der Waals surface area contributed by atoms with E-state index in [0.717, 1.165) is 46.6 Å². The lowest BCUT2D eigenvalue weighted by atomic mass is 9.98. The van der Waals surface area contributed by atoms with Crippen LogP contribution in [0.15, 0.2) is 55.2 Å².